The van der Waals surface area contributed by atoms with Crippen LogP contribution in [0.4, 0.5) is 25.1 Å². The van der Waals surface area contributed by atoms with E-state index in [1.54, 1.807) is 13.8 Å². The van der Waals surface area contributed by atoms with E-state index in [-0.39, 0.29) is 17.5 Å². The molecule has 0 bridgehead atoms. The number of hydrogen-bond donors (Lipinski definition) is 0. The maximum atomic E-state index is 12.7. The molecule has 0 radical (unpaired) electrons. The Labute approximate surface area is 136 Å². The third kappa shape index (κ3) is 4.67. The molecule has 1 aromatic heterocycles. The zero-order chi connectivity index (χ0) is 18.8. The van der Waals surface area contributed by atoms with Crippen LogP contribution in [0.25, 0.3) is 0 Å². The summed E-state index contributed by atoms with van der Waals surface area (Å²) < 4.78 is 63.6. The van der Waals surface area contributed by atoms with Gasteiger partial charge in [-0.1, -0.05) is 52.5 Å². The first kappa shape index (κ1) is 19.9. The van der Waals surface area contributed by atoms with Gasteiger partial charge >= 0.3 is 10.2 Å². The van der Waals surface area contributed by atoms with Crippen molar-refractivity contribution in [3.05, 3.63) is 55.4 Å². The van der Waals surface area contributed by atoms with Crippen molar-refractivity contribution in [2.24, 2.45) is 5.92 Å². The number of hydrogen-bond acceptors (Lipinski definition) is 2. The molecule has 0 aliphatic heterocycles. The van der Waals surface area contributed by atoms with Gasteiger partial charge in [0.2, 0.25) is 5.91 Å². The van der Waals surface area contributed by atoms with Gasteiger partial charge in [-0.05, 0) is 24.3 Å². The fraction of sp³-hybridized carbons (Fsp3) is 0.200. The summed E-state index contributed by atoms with van der Waals surface area (Å²) in [6.07, 6.45) is 4.63. The van der Waals surface area contributed by atoms with E-state index in [0.717, 1.165) is 11.0 Å². The van der Waals surface area contributed by atoms with Gasteiger partial charge in [0.25, 0.3) is 0 Å². The summed E-state index contributed by atoms with van der Waals surface area (Å²) in [6.45, 7) is 10.2. The van der Waals surface area contributed by atoms with Crippen LogP contribution in [0.1, 0.15) is 13.8 Å². The summed E-state index contributed by atoms with van der Waals surface area (Å²) in [4.78, 5) is 16.2. The van der Waals surface area contributed by atoms with Gasteiger partial charge < -0.3 is 0 Å². The highest BCUT2D eigenvalue weighted by Crippen LogP contribution is 3.01. The van der Waals surface area contributed by atoms with Gasteiger partial charge in [-0.3, -0.25) is 9.69 Å². The Balaban J connectivity index is 3.47. The van der Waals surface area contributed by atoms with Gasteiger partial charge in [0.15, 0.2) is 5.03 Å². The molecule has 0 aliphatic rings. The van der Waals surface area contributed by atoms with Crippen molar-refractivity contribution >= 4 is 21.8 Å². The summed E-state index contributed by atoms with van der Waals surface area (Å²) in [5.74, 6) is -0.974. The van der Waals surface area contributed by atoms with Crippen LogP contribution < -0.4 is 4.90 Å². The Hall–Kier alpha value is -2.16. The number of rotatable bonds is 6. The second-order valence-electron chi connectivity index (χ2n) is 5.18. The van der Waals surface area contributed by atoms with Crippen LogP contribution in [0, 0.1) is 5.92 Å². The van der Waals surface area contributed by atoms with Crippen molar-refractivity contribution in [2.45, 2.75) is 18.9 Å². The largest absolute Gasteiger partial charge is 0.325 e. The molecule has 0 N–H and O–H groups in total. The maximum absolute atomic E-state index is 12.7. The van der Waals surface area contributed by atoms with Crippen LogP contribution in [0.3, 0.4) is 0 Å². The van der Waals surface area contributed by atoms with E-state index in [4.69, 9.17) is 0 Å². The molecule has 134 valence electrons. The van der Waals surface area contributed by atoms with E-state index in [1.165, 1.54) is 18.2 Å². The smallest absolute Gasteiger partial charge is 0.279 e. The van der Waals surface area contributed by atoms with Gasteiger partial charge in [0, 0.05) is 11.6 Å². The molecule has 0 spiro atoms. The Kier molecular flexibility index (Phi) is 4.75. The van der Waals surface area contributed by atoms with Crippen LogP contribution in [-0.4, -0.2) is 10.9 Å². The lowest BCUT2D eigenvalue weighted by atomic mass is 10.1. The van der Waals surface area contributed by atoms with E-state index >= 15 is 0 Å². The fourth-order valence-electron chi connectivity index (χ4n) is 1.75. The number of aromatic nitrogens is 1. The number of halogens is 5. The molecule has 0 saturated carbocycles. The third-order valence-corrected chi connectivity index (χ3v) is 3.88. The average Bonchev–Trinajstić information content (AvgIpc) is 2.44. The Morgan fingerprint density at radius 3 is 2.12 bits per heavy atom. The van der Waals surface area contributed by atoms with E-state index in [0.29, 0.717) is 6.20 Å². The first-order valence-electron chi connectivity index (χ1n) is 6.70. The number of amides is 1. The molecule has 0 unspecified atom stereocenters. The standard InChI is InChI=1S/C15H17F5N2OS/c1-5-7-12(6-2)22(15(23)11(3)4)13-8-9-14(21-10-13)24(16,17,18,19)20/h5-11H,1-2H2,3-4H3/b12-7+. The average molecular weight is 368 g/mol. The topological polar surface area (TPSA) is 33.2 Å². The van der Waals surface area contributed by atoms with Crippen LogP contribution in [-0.2, 0) is 4.79 Å². The summed E-state index contributed by atoms with van der Waals surface area (Å²) >= 11 is 0. The van der Waals surface area contributed by atoms with E-state index < -0.39 is 27.1 Å². The lowest BCUT2D eigenvalue weighted by Crippen LogP contribution is -2.33. The van der Waals surface area contributed by atoms with Gasteiger partial charge in [0.05, 0.1) is 11.9 Å². The number of anilines is 1. The zero-order valence-corrected chi connectivity index (χ0v) is 13.9. The highest BCUT2D eigenvalue weighted by molar-refractivity contribution is 8.45. The van der Waals surface area contributed by atoms with Crippen molar-refractivity contribution in [1.82, 2.24) is 4.98 Å². The summed E-state index contributed by atoms with van der Waals surface area (Å²) in [5, 5.41) is -2.26. The molecule has 3 nitrogen and oxygen atoms in total. The maximum Gasteiger partial charge on any atom is 0.325 e. The minimum absolute atomic E-state index is 0.0905. The number of pyridine rings is 1. The number of carbonyl (C=O) groups is 1. The lowest BCUT2D eigenvalue weighted by Gasteiger charge is -2.39. The van der Waals surface area contributed by atoms with Crippen LogP contribution in [0.2, 0.25) is 0 Å². The second kappa shape index (κ2) is 5.73. The molecule has 0 saturated heterocycles. The van der Waals surface area contributed by atoms with E-state index in [1.807, 2.05) is 0 Å². The highest BCUT2D eigenvalue weighted by Gasteiger charge is 2.67. The zero-order valence-electron chi connectivity index (χ0n) is 13.1. The van der Waals surface area contributed by atoms with Crippen LogP contribution in [0.5, 0.6) is 0 Å². The van der Waals surface area contributed by atoms with Crippen molar-refractivity contribution < 1.29 is 24.2 Å². The molecule has 1 amide bonds. The number of allylic oxidation sites excluding steroid dienone is 3. The first-order valence-corrected chi connectivity index (χ1v) is 8.65. The summed E-state index contributed by atoms with van der Waals surface area (Å²) in [7, 11) is -9.87. The first-order chi connectivity index (χ1) is 10.7. The van der Waals surface area contributed by atoms with Crippen LogP contribution >= 0.6 is 10.2 Å². The van der Waals surface area contributed by atoms with Gasteiger partial charge in [-0.2, -0.15) is 0 Å². The molecular formula is C15H17F5N2OS. The molecular weight excluding hydrogens is 351 g/mol. The molecule has 1 rings (SSSR count). The molecule has 0 aromatic carbocycles. The number of carbonyl (C=O) groups excluding carboxylic acids is 1. The SMILES string of the molecule is C=C/C=C(\C=C)N(C(=O)C(C)C)c1ccc(S(F)(F)(F)(F)F)nc1. The molecule has 0 atom stereocenters. The Bertz CT molecular complexity index is 693. The quantitative estimate of drug-likeness (QED) is 0.457. The molecule has 1 aromatic rings. The molecule has 1 heterocycles. The molecule has 0 fully saturated rings. The van der Waals surface area contributed by atoms with Crippen molar-refractivity contribution in [3.8, 4) is 0 Å². The fourth-order valence-corrected chi connectivity index (χ4v) is 2.33. The van der Waals surface area contributed by atoms with E-state index in [9.17, 15) is 24.2 Å². The highest BCUT2D eigenvalue weighted by atomic mass is 32.5. The molecule has 0 aliphatic carbocycles. The minimum atomic E-state index is -9.87. The minimum Gasteiger partial charge on any atom is -0.279 e. The predicted octanol–water partition coefficient (Wildman–Crippen LogP) is 5.98. The van der Waals surface area contributed by atoms with Gasteiger partial charge in [0.1, 0.15) is 0 Å². The Morgan fingerprint density at radius 1 is 1.21 bits per heavy atom. The normalized spacial score (nSPS) is 15.4. The van der Waals surface area contributed by atoms with Crippen LogP contribution in [0.15, 0.2) is 60.4 Å². The molecule has 9 heteroatoms. The summed E-state index contributed by atoms with van der Waals surface area (Å²) in [5.41, 5.74) is 0.137. The summed E-state index contributed by atoms with van der Waals surface area (Å²) in [6, 6.07) is 0.924. The van der Waals surface area contributed by atoms with Gasteiger partial charge in [-0.25, -0.2) is 4.98 Å². The van der Waals surface area contributed by atoms with Crippen molar-refractivity contribution in [1.29, 1.82) is 0 Å². The Morgan fingerprint density at radius 2 is 1.79 bits per heavy atom. The van der Waals surface area contributed by atoms with E-state index in [2.05, 4.69) is 18.1 Å². The second-order valence-corrected chi connectivity index (χ2v) is 7.54. The van der Waals surface area contributed by atoms with Crippen molar-refractivity contribution in [2.75, 3.05) is 4.90 Å². The van der Waals surface area contributed by atoms with Crippen molar-refractivity contribution in [3.63, 3.8) is 0 Å². The van der Waals surface area contributed by atoms with Gasteiger partial charge in [-0.15, -0.1) is 0 Å². The monoisotopic (exact) mass is 368 g/mol. The predicted molar refractivity (Wildman–Crippen MR) is 86.4 cm³/mol. The third-order valence-electron chi connectivity index (χ3n) is 2.84. The number of nitrogens with zero attached hydrogens (tertiary/aromatic N) is 2. The molecule has 24 heavy (non-hydrogen) atoms. The lowest BCUT2D eigenvalue weighted by molar-refractivity contribution is -0.120.